The maximum absolute atomic E-state index is 9.30. The highest BCUT2D eigenvalue weighted by Crippen LogP contribution is 2.01. The molecule has 2 heteroatoms. The molecular weight excluding hydrogens is 140 g/mol. The molecule has 0 fully saturated rings. The molecule has 1 N–H and O–H groups in total. The van der Waals surface area contributed by atoms with E-state index in [0.717, 1.165) is 19.4 Å². The Balaban J connectivity index is 3.10. The summed E-state index contributed by atoms with van der Waals surface area (Å²) >= 11 is 0. The molecule has 0 aliphatic carbocycles. The Kier molecular flexibility index (Phi) is 6.57. The third kappa shape index (κ3) is 6.32. The van der Waals surface area contributed by atoms with Crippen LogP contribution in [-0.4, -0.2) is 24.4 Å². The van der Waals surface area contributed by atoms with Crippen molar-refractivity contribution in [3.8, 4) is 0 Å². The predicted molar refractivity (Wildman–Crippen MR) is 46.6 cm³/mol. The molecule has 2 nitrogen and oxygen atoms in total. The lowest BCUT2D eigenvalue weighted by molar-refractivity contribution is 0.0123. The zero-order valence-electron chi connectivity index (χ0n) is 7.84. The van der Waals surface area contributed by atoms with Crippen LogP contribution in [0.2, 0.25) is 0 Å². The van der Waals surface area contributed by atoms with Gasteiger partial charge >= 0.3 is 0 Å². The van der Waals surface area contributed by atoms with Crippen LogP contribution in [0.15, 0.2) is 0 Å². The van der Waals surface area contributed by atoms with Gasteiger partial charge in [-0.3, -0.25) is 0 Å². The molecule has 0 saturated carbocycles. The van der Waals surface area contributed by atoms with E-state index in [-0.39, 0.29) is 6.10 Å². The van der Waals surface area contributed by atoms with Crippen LogP contribution in [0.5, 0.6) is 0 Å². The van der Waals surface area contributed by atoms with Crippen LogP contribution in [0, 0.1) is 5.92 Å². The lowest BCUT2D eigenvalue weighted by Gasteiger charge is -2.13. The second-order valence-electron chi connectivity index (χ2n) is 3.24. The molecule has 0 aliphatic heterocycles. The number of hydrogen-bond donors (Lipinski definition) is 1. The Labute approximate surface area is 69.6 Å². The smallest absolute Gasteiger partial charge is 0.0796 e. The van der Waals surface area contributed by atoms with Gasteiger partial charge in [-0.05, 0) is 12.3 Å². The molecule has 0 radical (unpaired) electrons. The van der Waals surface area contributed by atoms with E-state index in [0.29, 0.717) is 12.5 Å². The van der Waals surface area contributed by atoms with Crippen LogP contribution in [-0.2, 0) is 4.74 Å². The Hall–Kier alpha value is -0.0800. The Morgan fingerprint density at radius 1 is 1.36 bits per heavy atom. The van der Waals surface area contributed by atoms with Gasteiger partial charge in [0, 0.05) is 6.61 Å². The summed E-state index contributed by atoms with van der Waals surface area (Å²) in [4.78, 5) is 0. The quantitative estimate of drug-likeness (QED) is 0.600. The number of hydrogen-bond acceptors (Lipinski definition) is 2. The van der Waals surface area contributed by atoms with Crippen LogP contribution in [0.1, 0.15) is 33.6 Å². The Morgan fingerprint density at radius 2 is 2.00 bits per heavy atom. The maximum atomic E-state index is 9.30. The number of aliphatic hydroxyl groups is 1. The second kappa shape index (κ2) is 6.62. The van der Waals surface area contributed by atoms with Crippen molar-refractivity contribution in [2.24, 2.45) is 5.92 Å². The van der Waals surface area contributed by atoms with E-state index >= 15 is 0 Å². The molecular formula is C9H20O2. The van der Waals surface area contributed by atoms with E-state index in [9.17, 15) is 5.11 Å². The van der Waals surface area contributed by atoms with E-state index < -0.39 is 0 Å². The van der Waals surface area contributed by atoms with Crippen molar-refractivity contribution < 1.29 is 9.84 Å². The molecule has 0 heterocycles. The summed E-state index contributed by atoms with van der Waals surface area (Å²) in [5.74, 6) is 0.302. The normalized spacial score (nSPS) is 13.9. The lowest BCUT2D eigenvalue weighted by atomic mass is 10.1. The fraction of sp³-hybridized carbons (Fsp3) is 1.00. The Bertz CT molecular complexity index is 81.6. The van der Waals surface area contributed by atoms with Gasteiger partial charge < -0.3 is 9.84 Å². The molecule has 0 aromatic carbocycles. The minimum absolute atomic E-state index is 0.299. The van der Waals surface area contributed by atoms with E-state index in [2.05, 4.69) is 6.92 Å². The molecule has 0 aromatic rings. The van der Waals surface area contributed by atoms with Gasteiger partial charge in [0.15, 0.2) is 0 Å². The van der Waals surface area contributed by atoms with Crippen molar-refractivity contribution in [2.45, 2.75) is 39.7 Å². The summed E-state index contributed by atoms with van der Waals surface area (Å²) in [6.07, 6.45) is 1.94. The summed E-state index contributed by atoms with van der Waals surface area (Å²) in [6, 6.07) is 0. The third-order valence-corrected chi connectivity index (χ3v) is 1.70. The molecule has 11 heavy (non-hydrogen) atoms. The molecule has 1 unspecified atom stereocenters. The minimum atomic E-state index is -0.299. The van der Waals surface area contributed by atoms with E-state index in [1.807, 2.05) is 13.8 Å². The maximum Gasteiger partial charge on any atom is 0.0796 e. The zero-order valence-corrected chi connectivity index (χ0v) is 7.84. The monoisotopic (exact) mass is 160 g/mol. The molecule has 0 rings (SSSR count). The SMILES string of the molecule is CCCCOCC(O)C(C)C. The highest BCUT2D eigenvalue weighted by molar-refractivity contribution is 4.57. The van der Waals surface area contributed by atoms with Crippen molar-refractivity contribution in [1.82, 2.24) is 0 Å². The Morgan fingerprint density at radius 3 is 2.45 bits per heavy atom. The van der Waals surface area contributed by atoms with Crippen LogP contribution < -0.4 is 0 Å². The number of unbranched alkanes of at least 4 members (excludes halogenated alkanes) is 1. The van der Waals surface area contributed by atoms with E-state index in [1.54, 1.807) is 0 Å². The van der Waals surface area contributed by atoms with Crippen molar-refractivity contribution in [1.29, 1.82) is 0 Å². The van der Waals surface area contributed by atoms with Crippen LogP contribution >= 0.6 is 0 Å². The van der Waals surface area contributed by atoms with Gasteiger partial charge in [-0.15, -0.1) is 0 Å². The fourth-order valence-electron chi connectivity index (χ4n) is 0.643. The van der Waals surface area contributed by atoms with E-state index in [4.69, 9.17) is 4.74 Å². The van der Waals surface area contributed by atoms with Crippen LogP contribution in [0.4, 0.5) is 0 Å². The number of ether oxygens (including phenoxy) is 1. The fourth-order valence-corrected chi connectivity index (χ4v) is 0.643. The molecule has 0 amide bonds. The molecule has 0 aromatic heterocycles. The first-order valence-electron chi connectivity index (χ1n) is 4.44. The van der Waals surface area contributed by atoms with Gasteiger partial charge in [-0.1, -0.05) is 27.2 Å². The summed E-state index contributed by atoms with van der Waals surface area (Å²) in [5, 5.41) is 9.30. The molecule has 0 bridgehead atoms. The minimum Gasteiger partial charge on any atom is -0.390 e. The molecule has 0 saturated heterocycles. The first-order valence-corrected chi connectivity index (χ1v) is 4.44. The summed E-state index contributed by atoms with van der Waals surface area (Å²) in [6.45, 7) is 7.38. The molecule has 1 atom stereocenters. The lowest BCUT2D eigenvalue weighted by Crippen LogP contribution is -2.21. The van der Waals surface area contributed by atoms with Gasteiger partial charge in [0.1, 0.15) is 0 Å². The highest BCUT2D eigenvalue weighted by atomic mass is 16.5. The average molecular weight is 160 g/mol. The highest BCUT2D eigenvalue weighted by Gasteiger charge is 2.07. The van der Waals surface area contributed by atoms with Crippen LogP contribution in [0.25, 0.3) is 0 Å². The molecule has 68 valence electrons. The van der Waals surface area contributed by atoms with Crippen LogP contribution in [0.3, 0.4) is 0 Å². The first kappa shape index (κ1) is 10.9. The topological polar surface area (TPSA) is 29.5 Å². The summed E-state index contributed by atoms with van der Waals surface area (Å²) in [5.41, 5.74) is 0. The summed E-state index contributed by atoms with van der Waals surface area (Å²) in [7, 11) is 0. The van der Waals surface area contributed by atoms with Crippen molar-refractivity contribution >= 4 is 0 Å². The molecule has 0 aliphatic rings. The summed E-state index contributed by atoms with van der Waals surface area (Å²) < 4.78 is 5.25. The predicted octanol–water partition coefficient (Wildman–Crippen LogP) is 1.82. The number of aliphatic hydroxyl groups excluding tert-OH is 1. The largest absolute Gasteiger partial charge is 0.390 e. The van der Waals surface area contributed by atoms with Gasteiger partial charge in [0.25, 0.3) is 0 Å². The second-order valence-corrected chi connectivity index (χ2v) is 3.24. The van der Waals surface area contributed by atoms with Crippen molar-refractivity contribution in [3.63, 3.8) is 0 Å². The van der Waals surface area contributed by atoms with Gasteiger partial charge in [-0.2, -0.15) is 0 Å². The van der Waals surface area contributed by atoms with Gasteiger partial charge in [-0.25, -0.2) is 0 Å². The third-order valence-electron chi connectivity index (χ3n) is 1.70. The standard InChI is InChI=1S/C9H20O2/c1-4-5-6-11-7-9(10)8(2)3/h8-10H,4-7H2,1-3H3. The van der Waals surface area contributed by atoms with Gasteiger partial charge in [0.05, 0.1) is 12.7 Å². The van der Waals surface area contributed by atoms with Crippen molar-refractivity contribution in [2.75, 3.05) is 13.2 Å². The first-order chi connectivity index (χ1) is 5.18. The molecule has 0 spiro atoms. The number of rotatable bonds is 6. The average Bonchev–Trinajstić information content (AvgIpc) is 1.97. The zero-order chi connectivity index (χ0) is 8.69. The van der Waals surface area contributed by atoms with E-state index in [1.165, 1.54) is 0 Å². The van der Waals surface area contributed by atoms with Gasteiger partial charge in [0.2, 0.25) is 0 Å². The van der Waals surface area contributed by atoms with Crippen molar-refractivity contribution in [3.05, 3.63) is 0 Å².